The zero-order valence-corrected chi connectivity index (χ0v) is 26.5. The van der Waals surface area contributed by atoms with Crippen molar-refractivity contribution >= 4 is 34.7 Å². The molecule has 1 aliphatic carbocycles. The van der Waals surface area contributed by atoms with Gasteiger partial charge in [0.2, 0.25) is 5.91 Å². The number of halogens is 1. The molecule has 3 N–H and O–H groups in total. The second-order valence-electron chi connectivity index (χ2n) is 12.7. The van der Waals surface area contributed by atoms with E-state index in [4.69, 9.17) is 32.0 Å². The number of Topliss-reactive ketones (excluding diaryl/α,β-unsaturated/α-hetero) is 1. The molecule has 1 atom stereocenters. The van der Waals surface area contributed by atoms with E-state index in [1.165, 1.54) is 6.92 Å². The van der Waals surface area contributed by atoms with Gasteiger partial charge in [-0.15, -0.1) is 0 Å². The zero-order chi connectivity index (χ0) is 30.9. The minimum atomic E-state index is -0.559. The van der Waals surface area contributed by atoms with Crippen LogP contribution >= 0.6 is 11.6 Å². The number of ketones is 1. The van der Waals surface area contributed by atoms with Gasteiger partial charge >= 0.3 is 0 Å². The molecule has 232 valence electrons. The molecule has 1 aromatic heterocycles. The third-order valence-corrected chi connectivity index (χ3v) is 9.59. The number of anilines is 1. The summed E-state index contributed by atoms with van der Waals surface area (Å²) < 4.78 is 5.87. The molecule has 1 spiro atoms. The Kier molecular flexibility index (Phi) is 9.32. The lowest BCUT2D eigenvalue weighted by atomic mass is 9.65. The molecule has 10 heteroatoms. The third-order valence-electron chi connectivity index (χ3n) is 9.26. The van der Waals surface area contributed by atoms with Crippen LogP contribution in [0.3, 0.4) is 0 Å². The number of carbonyl (C=O) groups excluding carboxylic acids is 2. The van der Waals surface area contributed by atoms with Crippen molar-refractivity contribution in [3.63, 3.8) is 0 Å². The first kappa shape index (κ1) is 31.3. The molecule has 9 nitrogen and oxygen atoms in total. The summed E-state index contributed by atoms with van der Waals surface area (Å²) in [6.45, 7) is 10.8. The van der Waals surface area contributed by atoms with Gasteiger partial charge in [0.15, 0.2) is 11.6 Å². The van der Waals surface area contributed by atoms with Crippen LogP contribution in [0.1, 0.15) is 77.0 Å². The Hall–Kier alpha value is -3.17. The number of amides is 1. The van der Waals surface area contributed by atoms with Crippen molar-refractivity contribution in [2.24, 2.45) is 17.1 Å². The summed E-state index contributed by atoms with van der Waals surface area (Å²) >= 11 is 6.68. The van der Waals surface area contributed by atoms with E-state index in [0.29, 0.717) is 51.5 Å². The molecule has 2 saturated heterocycles. The number of rotatable bonds is 10. The molecule has 0 bridgehead atoms. The highest BCUT2D eigenvalue weighted by Crippen LogP contribution is 2.48. The van der Waals surface area contributed by atoms with Gasteiger partial charge in [0, 0.05) is 54.3 Å². The zero-order valence-electron chi connectivity index (χ0n) is 25.8. The number of hydrogen-bond acceptors (Lipinski definition) is 8. The Bertz CT molecular complexity index is 1400. The van der Waals surface area contributed by atoms with Gasteiger partial charge in [0.25, 0.3) is 0 Å². The number of aromatic nitrogens is 2. The first-order chi connectivity index (χ1) is 20.5. The number of nitrogens with two attached hydrogens (primary N) is 1. The van der Waals surface area contributed by atoms with E-state index in [1.807, 2.05) is 18.7 Å². The lowest BCUT2D eigenvalue weighted by Gasteiger charge is -2.54. The molecule has 2 aliphatic heterocycles. The summed E-state index contributed by atoms with van der Waals surface area (Å²) in [5.41, 5.74) is 9.01. The molecule has 3 aliphatic rings. The van der Waals surface area contributed by atoms with Crippen molar-refractivity contribution in [3.05, 3.63) is 40.2 Å². The molecule has 3 heterocycles. The molecule has 1 amide bonds. The van der Waals surface area contributed by atoms with E-state index in [0.717, 1.165) is 76.1 Å². The normalized spacial score (nSPS) is 19.4. The van der Waals surface area contributed by atoms with E-state index in [1.54, 1.807) is 25.1 Å². The van der Waals surface area contributed by atoms with Crippen LogP contribution in [0.25, 0.3) is 17.0 Å². The van der Waals surface area contributed by atoms with Crippen molar-refractivity contribution in [1.82, 2.24) is 14.9 Å². The van der Waals surface area contributed by atoms with Gasteiger partial charge < -0.3 is 25.4 Å². The predicted molar refractivity (Wildman–Crippen MR) is 169 cm³/mol. The average molecular weight is 610 g/mol. The lowest BCUT2D eigenvalue weighted by Crippen LogP contribution is -2.59. The minimum Gasteiger partial charge on any atom is -0.491 e. The second-order valence-corrected chi connectivity index (χ2v) is 13.1. The van der Waals surface area contributed by atoms with Crippen LogP contribution in [-0.2, 0) is 9.59 Å². The molecule has 3 fully saturated rings. The van der Waals surface area contributed by atoms with Gasteiger partial charge in [-0.3, -0.25) is 9.59 Å². The van der Waals surface area contributed by atoms with Gasteiger partial charge in [0.05, 0.1) is 22.4 Å². The number of allylic oxidation sites excluding steroid dienone is 2. The molecule has 5 rings (SSSR count). The highest BCUT2D eigenvalue weighted by Gasteiger charge is 2.48. The van der Waals surface area contributed by atoms with E-state index >= 15 is 0 Å². The maximum Gasteiger partial charge on any atom is 0.225 e. The summed E-state index contributed by atoms with van der Waals surface area (Å²) in [7, 11) is 0. The van der Waals surface area contributed by atoms with Crippen LogP contribution in [0, 0.1) is 18.3 Å². The van der Waals surface area contributed by atoms with E-state index in [9.17, 15) is 14.7 Å². The number of nitrogens with zero attached hydrogens (tertiary/aromatic N) is 4. The van der Waals surface area contributed by atoms with Gasteiger partial charge in [0.1, 0.15) is 18.2 Å². The predicted octanol–water partition coefficient (Wildman–Crippen LogP) is 5.15. The van der Waals surface area contributed by atoms with Crippen LogP contribution < -0.4 is 15.4 Å². The van der Waals surface area contributed by atoms with Crippen LogP contribution in [-0.4, -0.2) is 70.6 Å². The molecule has 43 heavy (non-hydrogen) atoms. The number of benzene rings is 1. The third kappa shape index (κ3) is 6.53. The SMILES string of the molecule is CCC[C@@H](O)COc1ccc(Cl)c(-c2nc(C(C(C)=O)=C(C)N)c(C)c(N3CC4(CCC(C(=O)N5CCC5)CC4)C3)n2)c1. The number of aliphatic hydroxyl groups is 1. The number of hydrogen-bond donors (Lipinski definition) is 2. The highest BCUT2D eigenvalue weighted by molar-refractivity contribution is 6.33. The van der Waals surface area contributed by atoms with Crippen LogP contribution in [0.2, 0.25) is 5.02 Å². The minimum absolute atomic E-state index is 0.148. The van der Waals surface area contributed by atoms with Crippen LogP contribution in [0.4, 0.5) is 5.82 Å². The molecule has 1 saturated carbocycles. The van der Waals surface area contributed by atoms with E-state index in [-0.39, 0.29) is 23.7 Å². The standard InChI is InChI=1S/C33H44ClN5O4/c1-5-7-24(41)17-43-25-8-9-27(34)26(16-25)30-36-29(28(21(3)35)22(4)40)20(2)31(37-30)39-18-33(19-39)12-10-23(11-13-33)32(42)38-14-6-15-38/h8-9,16,23-24,41H,5-7,10-15,17-19,35H2,1-4H3/t24-/m1/s1. The molecule has 0 radical (unpaired) electrons. The van der Waals surface area contributed by atoms with Crippen molar-refractivity contribution in [3.8, 4) is 17.1 Å². The Morgan fingerprint density at radius 1 is 1.19 bits per heavy atom. The van der Waals surface area contributed by atoms with Gasteiger partial charge in [-0.1, -0.05) is 24.9 Å². The summed E-state index contributed by atoms with van der Waals surface area (Å²) in [5.74, 6) is 2.00. The van der Waals surface area contributed by atoms with Crippen molar-refractivity contribution in [2.75, 3.05) is 37.7 Å². The van der Waals surface area contributed by atoms with Crippen molar-refractivity contribution in [1.29, 1.82) is 0 Å². The van der Waals surface area contributed by atoms with Crippen LogP contribution in [0.15, 0.2) is 23.9 Å². The maximum absolute atomic E-state index is 12.8. The highest BCUT2D eigenvalue weighted by atomic mass is 35.5. The molecule has 2 aromatic rings. The van der Waals surface area contributed by atoms with Gasteiger partial charge in [-0.25, -0.2) is 9.97 Å². The van der Waals surface area contributed by atoms with Gasteiger partial charge in [-0.05, 0) is 77.5 Å². The topological polar surface area (TPSA) is 122 Å². The summed E-state index contributed by atoms with van der Waals surface area (Å²) in [5, 5.41) is 10.6. The Labute approximate surface area is 259 Å². The molecular weight excluding hydrogens is 566 g/mol. The number of ether oxygens (including phenoxy) is 1. The van der Waals surface area contributed by atoms with Crippen LogP contribution in [0.5, 0.6) is 5.75 Å². The average Bonchev–Trinajstić information content (AvgIpc) is 2.91. The summed E-state index contributed by atoms with van der Waals surface area (Å²) in [6, 6.07) is 5.27. The number of likely N-dealkylation sites (tertiary alicyclic amines) is 1. The van der Waals surface area contributed by atoms with Crippen molar-refractivity contribution < 1.29 is 19.4 Å². The first-order valence-electron chi connectivity index (χ1n) is 15.5. The Morgan fingerprint density at radius 2 is 1.88 bits per heavy atom. The fourth-order valence-electron chi connectivity index (χ4n) is 6.68. The maximum atomic E-state index is 12.8. The number of carbonyl (C=O) groups is 2. The summed E-state index contributed by atoms with van der Waals surface area (Å²) in [4.78, 5) is 39.7. The fraction of sp³-hybridized carbons (Fsp3) is 0.576. The van der Waals surface area contributed by atoms with E-state index < -0.39 is 6.10 Å². The largest absolute Gasteiger partial charge is 0.491 e. The molecule has 1 aromatic carbocycles. The first-order valence-corrected chi connectivity index (χ1v) is 15.9. The number of aliphatic hydroxyl groups excluding tert-OH is 1. The van der Waals surface area contributed by atoms with Crippen molar-refractivity contribution in [2.45, 2.75) is 78.7 Å². The van der Waals surface area contributed by atoms with Gasteiger partial charge in [-0.2, -0.15) is 0 Å². The second kappa shape index (κ2) is 12.8. The Balaban J connectivity index is 1.43. The Morgan fingerprint density at radius 3 is 2.47 bits per heavy atom. The van der Waals surface area contributed by atoms with E-state index in [2.05, 4.69) is 4.90 Å². The monoisotopic (exact) mass is 609 g/mol. The molecular formula is C33H44ClN5O4. The summed E-state index contributed by atoms with van der Waals surface area (Å²) in [6.07, 6.45) is 5.98. The fourth-order valence-corrected chi connectivity index (χ4v) is 6.89. The smallest absolute Gasteiger partial charge is 0.225 e. The lowest BCUT2D eigenvalue weighted by molar-refractivity contribution is -0.141. The molecule has 0 unspecified atom stereocenters. The quantitative estimate of drug-likeness (QED) is 0.355.